The van der Waals surface area contributed by atoms with Crippen molar-refractivity contribution in [2.75, 3.05) is 16.6 Å². The van der Waals surface area contributed by atoms with Crippen LogP contribution in [0.1, 0.15) is 19.4 Å². The molecule has 7 heteroatoms. The van der Waals surface area contributed by atoms with E-state index in [9.17, 15) is 13.2 Å². The minimum Gasteiger partial charge on any atom is -0.492 e. The van der Waals surface area contributed by atoms with Gasteiger partial charge in [0.15, 0.2) is 0 Å². The molecule has 0 fully saturated rings. The third kappa shape index (κ3) is 4.26. The number of carbonyl (C=O) groups is 1. The number of hydrogen-bond acceptors (Lipinski definition) is 4. The average molecular weight is 348 g/mol. The number of carbonyl (C=O) groups excluding carboxylic acids is 1. The maximum absolute atomic E-state index is 12.7. The fourth-order valence-electron chi connectivity index (χ4n) is 2.20. The largest absolute Gasteiger partial charge is 0.492 e. The molecule has 2 rings (SSSR count). The van der Waals surface area contributed by atoms with Crippen LogP contribution in [0.25, 0.3) is 0 Å². The van der Waals surface area contributed by atoms with Crippen LogP contribution in [0.5, 0.6) is 5.75 Å². The van der Waals surface area contributed by atoms with Gasteiger partial charge < -0.3 is 10.1 Å². The van der Waals surface area contributed by atoms with Crippen LogP contribution >= 0.6 is 0 Å². The van der Waals surface area contributed by atoms with Gasteiger partial charge in [0.05, 0.1) is 17.2 Å². The van der Waals surface area contributed by atoms with Crippen molar-refractivity contribution in [2.45, 2.75) is 25.7 Å². The van der Waals surface area contributed by atoms with Gasteiger partial charge >= 0.3 is 0 Å². The Morgan fingerprint density at radius 1 is 1.17 bits per heavy atom. The van der Waals surface area contributed by atoms with Gasteiger partial charge in [-0.3, -0.25) is 9.52 Å². The summed E-state index contributed by atoms with van der Waals surface area (Å²) >= 11 is 0. The maximum atomic E-state index is 12.7. The van der Waals surface area contributed by atoms with Crippen LogP contribution in [0.2, 0.25) is 0 Å². The van der Waals surface area contributed by atoms with Gasteiger partial charge in [0.2, 0.25) is 5.91 Å². The predicted octanol–water partition coefficient (Wildman–Crippen LogP) is 3.15. The van der Waals surface area contributed by atoms with E-state index in [2.05, 4.69) is 10.0 Å². The number of amides is 1. The van der Waals surface area contributed by atoms with E-state index in [0.29, 0.717) is 29.3 Å². The number of ether oxygens (including phenoxy) is 1. The van der Waals surface area contributed by atoms with Gasteiger partial charge in [-0.2, -0.15) is 0 Å². The summed E-state index contributed by atoms with van der Waals surface area (Å²) in [6, 6.07) is 11.6. The second kappa shape index (κ2) is 7.35. The summed E-state index contributed by atoms with van der Waals surface area (Å²) in [5, 5.41) is 2.58. The first-order chi connectivity index (χ1) is 11.3. The lowest BCUT2D eigenvalue weighted by molar-refractivity contribution is -0.114. The maximum Gasteiger partial charge on any atom is 0.262 e. The minimum atomic E-state index is -3.82. The van der Waals surface area contributed by atoms with E-state index in [1.165, 1.54) is 13.0 Å². The third-order valence-corrected chi connectivity index (χ3v) is 4.74. The Kier molecular flexibility index (Phi) is 5.46. The zero-order chi connectivity index (χ0) is 17.7. The molecule has 0 spiro atoms. The molecule has 2 aromatic carbocycles. The number of hydrogen-bond donors (Lipinski definition) is 2. The van der Waals surface area contributed by atoms with Crippen LogP contribution in [0.3, 0.4) is 0 Å². The number of anilines is 2. The Bertz CT molecular complexity index is 847. The highest BCUT2D eigenvalue weighted by Crippen LogP contribution is 2.28. The van der Waals surface area contributed by atoms with Crippen molar-refractivity contribution in [3.05, 3.63) is 48.0 Å². The molecular formula is C17H20N2O4S. The summed E-state index contributed by atoms with van der Waals surface area (Å²) in [7, 11) is -3.82. The van der Waals surface area contributed by atoms with Crippen LogP contribution in [0.4, 0.5) is 11.4 Å². The first kappa shape index (κ1) is 17.8. The predicted molar refractivity (Wildman–Crippen MR) is 93.9 cm³/mol. The molecule has 0 saturated carbocycles. The van der Waals surface area contributed by atoms with Crippen molar-refractivity contribution in [3.63, 3.8) is 0 Å². The summed E-state index contributed by atoms with van der Waals surface area (Å²) in [6.45, 7) is 5.31. The van der Waals surface area contributed by atoms with E-state index in [-0.39, 0.29) is 10.8 Å². The monoisotopic (exact) mass is 348 g/mol. The topological polar surface area (TPSA) is 84.5 Å². The second-order valence-electron chi connectivity index (χ2n) is 5.20. The zero-order valence-electron chi connectivity index (χ0n) is 13.8. The van der Waals surface area contributed by atoms with E-state index < -0.39 is 10.0 Å². The van der Waals surface area contributed by atoms with Gasteiger partial charge in [0.25, 0.3) is 10.0 Å². The van der Waals surface area contributed by atoms with Crippen LogP contribution in [0.15, 0.2) is 47.4 Å². The SMILES string of the molecule is CCOc1ccccc1NS(=O)(=O)c1cc(NC(C)=O)ccc1C. The van der Waals surface area contributed by atoms with E-state index in [1.54, 1.807) is 43.3 Å². The fourth-order valence-corrected chi connectivity index (χ4v) is 3.54. The molecule has 6 nitrogen and oxygen atoms in total. The normalized spacial score (nSPS) is 11.0. The standard InChI is InChI=1S/C17H20N2O4S/c1-4-23-16-8-6-5-7-15(16)19-24(21,22)17-11-14(18-13(3)20)10-9-12(17)2/h5-11,19H,4H2,1-3H3,(H,18,20). The number of benzene rings is 2. The Morgan fingerprint density at radius 2 is 1.88 bits per heavy atom. The lowest BCUT2D eigenvalue weighted by Crippen LogP contribution is -2.16. The molecular weight excluding hydrogens is 328 g/mol. The summed E-state index contributed by atoms with van der Waals surface area (Å²) in [5.74, 6) is 0.191. The van der Waals surface area contributed by atoms with Gasteiger partial charge in [-0.15, -0.1) is 0 Å². The van der Waals surface area contributed by atoms with Crippen molar-refractivity contribution < 1.29 is 17.9 Å². The summed E-state index contributed by atoms with van der Waals surface area (Å²) in [5.41, 5.74) is 1.36. The fraction of sp³-hybridized carbons (Fsp3) is 0.235. The Labute approximate surface area is 141 Å². The van der Waals surface area contributed by atoms with Crippen LogP contribution in [-0.4, -0.2) is 20.9 Å². The van der Waals surface area contributed by atoms with Crippen LogP contribution in [-0.2, 0) is 14.8 Å². The van der Waals surface area contributed by atoms with E-state index >= 15 is 0 Å². The summed E-state index contributed by atoms with van der Waals surface area (Å²) < 4.78 is 33.5. The Balaban J connectivity index is 2.39. The average Bonchev–Trinajstić information content (AvgIpc) is 2.50. The molecule has 0 aliphatic heterocycles. The molecule has 2 aromatic rings. The molecule has 0 heterocycles. The van der Waals surface area contributed by atoms with Gasteiger partial charge in [-0.1, -0.05) is 18.2 Å². The van der Waals surface area contributed by atoms with Crippen molar-refractivity contribution >= 4 is 27.3 Å². The molecule has 128 valence electrons. The van der Waals surface area contributed by atoms with Crippen molar-refractivity contribution in [2.24, 2.45) is 0 Å². The molecule has 1 amide bonds. The third-order valence-electron chi connectivity index (χ3n) is 3.23. The van der Waals surface area contributed by atoms with Crippen molar-refractivity contribution in [1.82, 2.24) is 0 Å². The number of sulfonamides is 1. The number of nitrogens with one attached hydrogen (secondary N) is 2. The van der Waals surface area contributed by atoms with Gasteiger partial charge in [0, 0.05) is 12.6 Å². The summed E-state index contributed by atoms with van der Waals surface area (Å²) in [4.78, 5) is 11.3. The first-order valence-electron chi connectivity index (χ1n) is 7.46. The van der Waals surface area contributed by atoms with E-state index in [4.69, 9.17) is 4.74 Å². The molecule has 24 heavy (non-hydrogen) atoms. The molecule has 2 N–H and O–H groups in total. The van der Waals surface area contributed by atoms with E-state index in [0.717, 1.165) is 0 Å². The Hall–Kier alpha value is -2.54. The van der Waals surface area contributed by atoms with E-state index in [1.807, 2.05) is 6.92 Å². The highest BCUT2D eigenvalue weighted by atomic mass is 32.2. The Morgan fingerprint density at radius 3 is 2.54 bits per heavy atom. The van der Waals surface area contributed by atoms with Gasteiger partial charge in [0.1, 0.15) is 5.75 Å². The highest BCUT2D eigenvalue weighted by molar-refractivity contribution is 7.92. The molecule has 0 radical (unpaired) electrons. The molecule has 0 atom stereocenters. The molecule has 0 aliphatic carbocycles. The highest BCUT2D eigenvalue weighted by Gasteiger charge is 2.19. The van der Waals surface area contributed by atoms with Crippen LogP contribution < -0.4 is 14.8 Å². The van der Waals surface area contributed by atoms with Crippen molar-refractivity contribution in [3.8, 4) is 5.75 Å². The molecule has 0 bridgehead atoms. The molecule has 0 unspecified atom stereocenters. The lowest BCUT2D eigenvalue weighted by Gasteiger charge is -2.15. The summed E-state index contributed by atoms with van der Waals surface area (Å²) in [6.07, 6.45) is 0. The number of para-hydroxylation sites is 2. The second-order valence-corrected chi connectivity index (χ2v) is 6.85. The smallest absolute Gasteiger partial charge is 0.262 e. The number of rotatable bonds is 6. The van der Waals surface area contributed by atoms with Gasteiger partial charge in [-0.25, -0.2) is 8.42 Å². The molecule has 0 aliphatic rings. The number of aryl methyl sites for hydroxylation is 1. The lowest BCUT2D eigenvalue weighted by atomic mass is 10.2. The quantitative estimate of drug-likeness (QED) is 0.840. The first-order valence-corrected chi connectivity index (χ1v) is 8.94. The zero-order valence-corrected chi connectivity index (χ0v) is 14.6. The van der Waals surface area contributed by atoms with Gasteiger partial charge in [-0.05, 0) is 43.7 Å². The molecule has 0 aromatic heterocycles. The molecule has 0 saturated heterocycles. The van der Waals surface area contributed by atoms with Crippen molar-refractivity contribution in [1.29, 1.82) is 0 Å². The van der Waals surface area contributed by atoms with Crippen LogP contribution in [0, 0.1) is 6.92 Å². The minimum absolute atomic E-state index is 0.0973.